The number of allylic oxidation sites excluding steroid dienone is 2. The van der Waals surface area contributed by atoms with Crippen LogP contribution in [0.1, 0.15) is 29.5 Å². The van der Waals surface area contributed by atoms with Gasteiger partial charge < -0.3 is 5.32 Å². The van der Waals surface area contributed by atoms with Gasteiger partial charge in [-0.3, -0.25) is 0 Å². The third-order valence-corrected chi connectivity index (χ3v) is 6.22. The maximum absolute atomic E-state index is 14.5. The van der Waals surface area contributed by atoms with E-state index in [2.05, 4.69) is 17.5 Å². The van der Waals surface area contributed by atoms with Crippen molar-refractivity contribution in [3.05, 3.63) is 73.5 Å². The van der Waals surface area contributed by atoms with Crippen molar-refractivity contribution in [2.75, 3.05) is 5.32 Å². The third-order valence-electron chi connectivity index (χ3n) is 4.79. The molecule has 4 rings (SSSR count). The first kappa shape index (κ1) is 16.5. The van der Waals surface area contributed by atoms with Gasteiger partial charge in [0.25, 0.3) is 0 Å². The average molecular weight is 403 g/mol. The highest BCUT2D eigenvalue weighted by atomic mass is 35.5. The third kappa shape index (κ3) is 2.43. The van der Waals surface area contributed by atoms with Gasteiger partial charge >= 0.3 is 0 Å². The predicted molar refractivity (Wildman–Crippen MR) is 99.2 cm³/mol. The standard InChI is InChI=1S/C18H12Cl4FN/c19-10-5-2-6-13(23)15(10)17-9-4-1-3-8(9)14-16(22)11(20)7-12(21)18(14)24-17/h1-3,5-9,17,24H,4H2/t8-,9-,17+/m0/s1. The molecule has 0 amide bonds. The first-order valence-electron chi connectivity index (χ1n) is 7.53. The lowest BCUT2D eigenvalue weighted by Crippen LogP contribution is -2.30. The van der Waals surface area contributed by atoms with E-state index in [1.165, 1.54) is 6.07 Å². The van der Waals surface area contributed by atoms with Gasteiger partial charge in [0.1, 0.15) is 5.82 Å². The Morgan fingerprint density at radius 1 is 1.00 bits per heavy atom. The van der Waals surface area contributed by atoms with E-state index in [9.17, 15) is 4.39 Å². The molecule has 124 valence electrons. The van der Waals surface area contributed by atoms with Crippen LogP contribution in [0.4, 0.5) is 10.1 Å². The van der Waals surface area contributed by atoms with Crippen LogP contribution in [0.5, 0.6) is 0 Å². The Kier molecular flexibility index (Phi) is 4.20. The highest BCUT2D eigenvalue weighted by molar-refractivity contribution is 6.44. The molecule has 0 radical (unpaired) electrons. The minimum atomic E-state index is -0.328. The van der Waals surface area contributed by atoms with E-state index in [1.807, 2.05) is 0 Å². The number of anilines is 1. The van der Waals surface area contributed by atoms with Crippen molar-refractivity contribution < 1.29 is 4.39 Å². The molecular formula is C18H12Cl4FN. The zero-order chi connectivity index (χ0) is 17.0. The van der Waals surface area contributed by atoms with Crippen molar-refractivity contribution in [3.8, 4) is 0 Å². The molecule has 0 saturated heterocycles. The lowest BCUT2D eigenvalue weighted by atomic mass is 9.77. The second kappa shape index (κ2) is 6.10. The van der Waals surface area contributed by atoms with Crippen LogP contribution in [0.3, 0.4) is 0 Å². The van der Waals surface area contributed by atoms with E-state index in [0.29, 0.717) is 31.3 Å². The Labute approximate surface area is 159 Å². The molecule has 0 spiro atoms. The molecule has 1 heterocycles. The van der Waals surface area contributed by atoms with Crippen LogP contribution >= 0.6 is 46.4 Å². The summed E-state index contributed by atoms with van der Waals surface area (Å²) >= 11 is 25.3. The molecular weight excluding hydrogens is 391 g/mol. The van der Waals surface area contributed by atoms with Gasteiger partial charge in [-0.25, -0.2) is 4.39 Å². The summed E-state index contributed by atoms with van der Waals surface area (Å²) in [5.74, 6) is -0.213. The van der Waals surface area contributed by atoms with E-state index >= 15 is 0 Å². The molecule has 2 aromatic rings. The Balaban J connectivity index is 1.92. The maximum Gasteiger partial charge on any atom is 0.129 e. The van der Waals surface area contributed by atoms with Gasteiger partial charge in [-0.15, -0.1) is 0 Å². The summed E-state index contributed by atoms with van der Waals surface area (Å²) in [6.07, 6.45) is 4.97. The molecule has 1 nitrogen and oxygen atoms in total. The molecule has 2 aromatic carbocycles. The van der Waals surface area contributed by atoms with E-state index in [1.54, 1.807) is 18.2 Å². The van der Waals surface area contributed by atoms with E-state index < -0.39 is 0 Å². The van der Waals surface area contributed by atoms with Gasteiger partial charge in [0.15, 0.2) is 0 Å². The van der Waals surface area contributed by atoms with Gasteiger partial charge in [0.2, 0.25) is 0 Å². The van der Waals surface area contributed by atoms with Crippen molar-refractivity contribution in [1.82, 2.24) is 0 Å². The molecule has 6 heteroatoms. The van der Waals surface area contributed by atoms with Gasteiger partial charge in [0.05, 0.1) is 26.8 Å². The smallest absolute Gasteiger partial charge is 0.129 e. The highest BCUT2D eigenvalue weighted by Gasteiger charge is 2.42. The van der Waals surface area contributed by atoms with E-state index in [-0.39, 0.29) is 23.7 Å². The number of hydrogen-bond donors (Lipinski definition) is 1. The fourth-order valence-electron chi connectivity index (χ4n) is 3.76. The van der Waals surface area contributed by atoms with Crippen LogP contribution in [0.25, 0.3) is 0 Å². The second-order valence-corrected chi connectivity index (χ2v) is 7.65. The number of nitrogens with one attached hydrogen (secondary N) is 1. The number of benzene rings is 2. The van der Waals surface area contributed by atoms with Crippen LogP contribution in [-0.4, -0.2) is 0 Å². The Morgan fingerprint density at radius 3 is 2.54 bits per heavy atom. The zero-order valence-electron chi connectivity index (χ0n) is 12.3. The first-order valence-corrected chi connectivity index (χ1v) is 9.04. The van der Waals surface area contributed by atoms with Gasteiger partial charge in [-0.1, -0.05) is 64.6 Å². The number of rotatable bonds is 1. The summed E-state index contributed by atoms with van der Waals surface area (Å²) in [7, 11) is 0. The summed E-state index contributed by atoms with van der Waals surface area (Å²) in [6, 6.07) is 6.04. The number of fused-ring (bicyclic) bond motifs is 3. The molecule has 1 aliphatic carbocycles. The SMILES string of the molecule is Fc1cccc(Cl)c1[C@@H]1Nc2c(Cl)cc(Cl)c(Cl)c2[C@H]2C=CC[C@@H]21. The zero-order valence-corrected chi connectivity index (χ0v) is 15.3. The molecule has 0 fully saturated rings. The quantitative estimate of drug-likeness (QED) is 0.390. The molecule has 0 saturated carbocycles. The average Bonchev–Trinajstić information content (AvgIpc) is 3.01. The van der Waals surface area contributed by atoms with Crippen LogP contribution in [0.15, 0.2) is 36.4 Å². The number of hydrogen-bond acceptors (Lipinski definition) is 1. The van der Waals surface area contributed by atoms with Gasteiger partial charge in [-0.2, -0.15) is 0 Å². The lowest BCUT2D eigenvalue weighted by molar-refractivity contribution is 0.413. The van der Waals surface area contributed by atoms with Crippen LogP contribution < -0.4 is 5.32 Å². The predicted octanol–water partition coefficient (Wildman–Crippen LogP) is 7.27. The molecule has 0 unspecified atom stereocenters. The van der Waals surface area contributed by atoms with Gasteiger partial charge in [-0.05, 0) is 30.5 Å². The fraction of sp³-hybridized carbons (Fsp3) is 0.222. The van der Waals surface area contributed by atoms with Crippen molar-refractivity contribution >= 4 is 52.1 Å². The van der Waals surface area contributed by atoms with Crippen LogP contribution in [-0.2, 0) is 0 Å². The maximum atomic E-state index is 14.5. The monoisotopic (exact) mass is 401 g/mol. The Hall–Kier alpha value is -0.930. The van der Waals surface area contributed by atoms with E-state index in [4.69, 9.17) is 46.4 Å². The van der Waals surface area contributed by atoms with Crippen molar-refractivity contribution in [1.29, 1.82) is 0 Å². The molecule has 0 aromatic heterocycles. The summed E-state index contributed by atoms with van der Waals surface area (Å²) < 4.78 is 14.5. The first-order chi connectivity index (χ1) is 11.5. The molecule has 3 atom stereocenters. The Bertz CT molecular complexity index is 844. The summed E-state index contributed by atoms with van der Waals surface area (Å²) in [5.41, 5.74) is 2.03. The normalized spacial score (nSPS) is 24.5. The topological polar surface area (TPSA) is 12.0 Å². The fourth-order valence-corrected chi connectivity index (χ4v) is 4.84. The minimum absolute atomic E-state index is 0.0191. The Morgan fingerprint density at radius 2 is 1.79 bits per heavy atom. The largest absolute Gasteiger partial charge is 0.376 e. The minimum Gasteiger partial charge on any atom is -0.376 e. The molecule has 1 aliphatic heterocycles. The molecule has 0 bridgehead atoms. The second-order valence-electron chi connectivity index (χ2n) is 6.05. The molecule has 2 aliphatic rings. The van der Waals surface area contributed by atoms with Crippen molar-refractivity contribution in [2.45, 2.75) is 18.4 Å². The molecule has 24 heavy (non-hydrogen) atoms. The summed E-state index contributed by atoms with van der Waals surface area (Å²) in [4.78, 5) is 0. The highest BCUT2D eigenvalue weighted by Crippen LogP contribution is 2.55. The van der Waals surface area contributed by atoms with Crippen molar-refractivity contribution in [2.24, 2.45) is 5.92 Å². The van der Waals surface area contributed by atoms with Gasteiger partial charge in [0, 0.05) is 22.1 Å². The summed E-state index contributed by atoms with van der Waals surface area (Å²) in [5, 5.41) is 5.14. The number of halogens is 5. The van der Waals surface area contributed by atoms with Crippen molar-refractivity contribution in [3.63, 3.8) is 0 Å². The van der Waals surface area contributed by atoms with Crippen LogP contribution in [0, 0.1) is 11.7 Å². The molecule has 1 N–H and O–H groups in total. The lowest BCUT2D eigenvalue weighted by Gasteiger charge is -2.39. The van der Waals surface area contributed by atoms with E-state index in [0.717, 1.165) is 12.0 Å². The summed E-state index contributed by atoms with van der Waals surface area (Å²) in [6.45, 7) is 0. The van der Waals surface area contributed by atoms with Crippen LogP contribution in [0.2, 0.25) is 20.1 Å².